The van der Waals surface area contributed by atoms with Gasteiger partial charge in [0.25, 0.3) is 0 Å². The number of nitro benzene ring substituents is 1. The number of ether oxygens (including phenoxy) is 1. The minimum absolute atomic E-state index is 0.0604. The molecule has 4 rings (SSSR count). The summed E-state index contributed by atoms with van der Waals surface area (Å²) in [5.41, 5.74) is 2.42. The van der Waals surface area contributed by atoms with Crippen molar-refractivity contribution in [1.29, 1.82) is 0 Å². The molecule has 0 amide bonds. The zero-order valence-electron chi connectivity index (χ0n) is 16.2. The molecule has 1 aromatic carbocycles. The van der Waals surface area contributed by atoms with Crippen LogP contribution in [0.1, 0.15) is 0 Å². The van der Waals surface area contributed by atoms with Crippen LogP contribution in [0.3, 0.4) is 0 Å². The van der Waals surface area contributed by atoms with Crippen LogP contribution in [0, 0.1) is 10.1 Å². The maximum absolute atomic E-state index is 11.5. The van der Waals surface area contributed by atoms with Crippen LogP contribution in [0.15, 0.2) is 43.1 Å². The molecule has 3 heterocycles. The van der Waals surface area contributed by atoms with E-state index in [1.807, 2.05) is 19.3 Å². The molecular weight excluding hydrogens is 374 g/mol. The summed E-state index contributed by atoms with van der Waals surface area (Å²) in [5.74, 6) is 1.14. The number of nitrogens with zero attached hydrogens (tertiary/aromatic N) is 7. The third-order valence-electron chi connectivity index (χ3n) is 5.02. The molecule has 1 aliphatic heterocycles. The van der Waals surface area contributed by atoms with Crippen LogP contribution in [0.5, 0.6) is 5.75 Å². The standard InChI is InChI=1S/C19H21N7O3/c1-23-12-14(11-22-23)15-9-17(26(27)28)18(29-2)10-16(15)24-5-7-25(8-6-24)19-3-4-20-13-21-19/h3-4,9-13H,5-8H2,1-2H3. The number of rotatable bonds is 5. The number of benzene rings is 1. The molecule has 0 atom stereocenters. The van der Waals surface area contributed by atoms with E-state index in [2.05, 4.69) is 24.9 Å². The van der Waals surface area contributed by atoms with Gasteiger partial charge >= 0.3 is 5.69 Å². The normalized spacial score (nSPS) is 14.1. The molecule has 150 valence electrons. The first kappa shape index (κ1) is 18.7. The summed E-state index contributed by atoms with van der Waals surface area (Å²) in [4.78, 5) is 23.8. The summed E-state index contributed by atoms with van der Waals surface area (Å²) in [6.07, 6.45) is 6.85. The first-order chi connectivity index (χ1) is 14.1. The molecular formula is C19H21N7O3. The maximum atomic E-state index is 11.5. The van der Waals surface area contributed by atoms with Gasteiger partial charge in [0.05, 0.1) is 18.2 Å². The number of nitro groups is 1. The van der Waals surface area contributed by atoms with Crippen molar-refractivity contribution in [2.24, 2.45) is 7.05 Å². The van der Waals surface area contributed by atoms with Crippen LogP contribution >= 0.6 is 0 Å². The molecule has 10 nitrogen and oxygen atoms in total. The molecule has 0 N–H and O–H groups in total. The van der Waals surface area contributed by atoms with E-state index in [0.717, 1.165) is 48.8 Å². The van der Waals surface area contributed by atoms with Crippen LogP contribution in [0.4, 0.5) is 17.2 Å². The maximum Gasteiger partial charge on any atom is 0.311 e. The highest BCUT2D eigenvalue weighted by Crippen LogP contribution is 2.40. The number of piperazine rings is 1. The predicted molar refractivity (Wildman–Crippen MR) is 108 cm³/mol. The van der Waals surface area contributed by atoms with Crippen LogP contribution < -0.4 is 14.5 Å². The molecule has 0 unspecified atom stereocenters. The van der Waals surface area contributed by atoms with Gasteiger partial charge in [-0.05, 0) is 6.07 Å². The Balaban J connectivity index is 1.68. The Morgan fingerprint density at radius 3 is 2.52 bits per heavy atom. The lowest BCUT2D eigenvalue weighted by Crippen LogP contribution is -2.47. The topological polar surface area (TPSA) is 102 Å². The first-order valence-electron chi connectivity index (χ1n) is 9.18. The summed E-state index contributed by atoms with van der Waals surface area (Å²) < 4.78 is 6.99. The Hall–Kier alpha value is -3.69. The van der Waals surface area contributed by atoms with E-state index in [9.17, 15) is 10.1 Å². The Morgan fingerprint density at radius 1 is 1.17 bits per heavy atom. The minimum Gasteiger partial charge on any atom is -0.490 e. The van der Waals surface area contributed by atoms with Crippen molar-refractivity contribution in [3.8, 4) is 16.9 Å². The van der Waals surface area contributed by atoms with Crippen molar-refractivity contribution in [2.45, 2.75) is 0 Å². The Morgan fingerprint density at radius 2 is 1.93 bits per heavy atom. The highest BCUT2D eigenvalue weighted by atomic mass is 16.6. The highest BCUT2D eigenvalue weighted by molar-refractivity contribution is 5.82. The lowest BCUT2D eigenvalue weighted by Gasteiger charge is -2.37. The quantitative estimate of drug-likeness (QED) is 0.478. The number of anilines is 2. The molecule has 10 heteroatoms. The lowest BCUT2D eigenvalue weighted by atomic mass is 10.0. The molecule has 0 radical (unpaired) electrons. The Kier molecular flexibility index (Phi) is 4.98. The average molecular weight is 395 g/mol. The van der Waals surface area contributed by atoms with Crippen molar-refractivity contribution < 1.29 is 9.66 Å². The zero-order chi connectivity index (χ0) is 20.4. The van der Waals surface area contributed by atoms with E-state index in [0.29, 0.717) is 0 Å². The van der Waals surface area contributed by atoms with Crippen LogP contribution in [0.2, 0.25) is 0 Å². The van der Waals surface area contributed by atoms with E-state index in [1.54, 1.807) is 35.5 Å². The summed E-state index contributed by atoms with van der Waals surface area (Å²) in [6, 6.07) is 5.22. The third kappa shape index (κ3) is 3.68. The van der Waals surface area contributed by atoms with Gasteiger partial charge < -0.3 is 14.5 Å². The second-order valence-electron chi connectivity index (χ2n) is 6.74. The van der Waals surface area contributed by atoms with Crippen LogP contribution in [-0.2, 0) is 7.05 Å². The van der Waals surface area contributed by atoms with Crippen molar-refractivity contribution in [2.75, 3.05) is 43.1 Å². The summed E-state index contributed by atoms with van der Waals surface area (Å²) in [5, 5.41) is 15.8. The fourth-order valence-corrected chi connectivity index (χ4v) is 3.56. The first-order valence-corrected chi connectivity index (χ1v) is 9.18. The van der Waals surface area contributed by atoms with Crippen molar-refractivity contribution in [3.63, 3.8) is 0 Å². The van der Waals surface area contributed by atoms with Crippen molar-refractivity contribution in [3.05, 3.63) is 53.2 Å². The van der Waals surface area contributed by atoms with Gasteiger partial charge in [-0.1, -0.05) is 0 Å². The number of hydrogen-bond donors (Lipinski definition) is 0. The molecule has 29 heavy (non-hydrogen) atoms. The molecule has 0 saturated carbocycles. The summed E-state index contributed by atoms with van der Waals surface area (Å²) in [7, 11) is 3.27. The van der Waals surface area contributed by atoms with Crippen LogP contribution in [-0.4, -0.2) is 58.0 Å². The van der Waals surface area contributed by atoms with Crippen molar-refractivity contribution >= 4 is 17.2 Å². The van der Waals surface area contributed by atoms with Gasteiger partial charge in [0, 0.05) is 74.6 Å². The van der Waals surface area contributed by atoms with Gasteiger partial charge in [0.15, 0.2) is 5.75 Å². The molecule has 1 fully saturated rings. The van der Waals surface area contributed by atoms with E-state index in [4.69, 9.17) is 4.74 Å². The lowest BCUT2D eigenvalue weighted by molar-refractivity contribution is -0.385. The molecule has 1 saturated heterocycles. The number of hydrogen-bond acceptors (Lipinski definition) is 8. The largest absolute Gasteiger partial charge is 0.490 e. The second kappa shape index (κ2) is 7.74. The smallest absolute Gasteiger partial charge is 0.311 e. The van der Waals surface area contributed by atoms with Gasteiger partial charge in [-0.15, -0.1) is 0 Å². The van der Waals surface area contributed by atoms with E-state index in [1.165, 1.54) is 7.11 Å². The Bertz CT molecular complexity index is 1010. The zero-order valence-corrected chi connectivity index (χ0v) is 16.2. The second-order valence-corrected chi connectivity index (χ2v) is 6.74. The fraction of sp³-hybridized carbons (Fsp3) is 0.316. The van der Waals surface area contributed by atoms with E-state index >= 15 is 0 Å². The average Bonchev–Trinajstić information content (AvgIpc) is 3.19. The third-order valence-corrected chi connectivity index (χ3v) is 5.02. The fourth-order valence-electron chi connectivity index (χ4n) is 3.56. The molecule has 0 aliphatic carbocycles. The monoisotopic (exact) mass is 395 g/mol. The predicted octanol–water partition coefficient (Wildman–Crippen LogP) is 2.12. The minimum atomic E-state index is -0.421. The van der Waals surface area contributed by atoms with Gasteiger partial charge in [0.2, 0.25) is 0 Å². The molecule has 0 bridgehead atoms. The molecule has 1 aliphatic rings. The van der Waals surface area contributed by atoms with Gasteiger partial charge in [-0.25, -0.2) is 9.97 Å². The van der Waals surface area contributed by atoms with Gasteiger partial charge in [-0.3, -0.25) is 14.8 Å². The molecule has 3 aromatic rings. The highest BCUT2D eigenvalue weighted by Gasteiger charge is 2.26. The SMILES string of the molecule is COc1cc(N2CCN(c3ccncn3)CC2)c(-c2cnn(C)c2)cc1[N+](=O)[O-]. The Labute approximate surface area is 167 Å². The number of aromatic nitrogens is 4. The van der Waals surface area contributed by atoms with Crippen molar-refractivity contribution in [1.82, 2.24) is 19.7 Å². The van der Waals surface area contributed by atoms with E-state index in [-0.39, 0.29) is 11.4 Å². The molecule has 0 spiro atoms. The number of methoxy groups -OCH3 is 1. The van der Waals surface area contributed by atoms with Gasteiger partial charge in [0.1, 0.15) is 12.1 Å². The number of aryl methyl sites for hydroxylation is 1. The summed E-state index contributed by atoms with van der Waals surface area (Å²) >= 11 is 0. The molecule has 2 aromatic heterocycles. The summed E-state index contributed by atoms with van der Waals surface area (Å²) in [6.45, 7) is 3.06. The van der Waals surface area contributed by atoms with Crippen LogP contribution in [0.25, 0.3) is 11.1 Å². The van der Waals surface area contributed by atoms with E-state index < -0.39 is 4.92 Å². The van der Waals surface area contributed by atoms with Gasteiger partial charge in [-0.2, -0.15) is 5.10 Å².